The molecule has 2 saturated heterocycles. The van der Waals surface area contributed by atoms with Crippen molar-refractivity contribution in [3.8, 4) is 0 Å². The van der Waals surface area contributed by atoms with Crippen LogP contribution >= 0.6 is 0 Å². The van der Waals surface area contributed by atoms with Gasteiger partial charge in [0.05, 0.1) is 0 Å². The summed E-state index contributed by atoms with van der Waals surface area (Å²) in [7, 11) is 0. The van der Waals surface area contributed by atoms with Crippen molar-refractivity contribution in [2.24, 2.45) is 0 Å². The predicted molar refractivity (Wildman–Crippen MR) is 88.5 cm³/mol. The lowest BCUT2D eigenvalue weighted by molar-refractivity contribution is -0.130. The SMILES string of the molecule is CC(=O)N1CCN(C(=O)c2cccc(N3CCCCC3)n2)CC1. The maximum atomic E-state index is 12.7. The van der Waals surface area contributed by atoms with Crippen molar-refractivity contribution in [1.29, 1.82) is 0 Å². The Morgan fingerprint density at radius 3 is 2.22 bits per heavy atom. The van der Waals surface area contributed by atoms with E-state index in [-0.39, 0.29) is 11.8 Å². The molecule has 2 aliphatic rings. The first-order valence-electron chi connectivity index (χ1n) is 8.42. The number of piperazine rings is 1. The average molecular weight is 316 g/mol. The van der Waals surface area contributed by atoms with E-state index in [1.807, 2.05) is 12.1 Å². The van der Waals surface area contributed by atoms with Gasteiger partial charge in [-0.05, 0) is 31.4 Å². The van der Waals surface area contributed by atoms with Gasteiger partial charge in [0.1, 0.15) is 11.5 Å². The Labute approximate surface area is 137 Å². The van der Waals surface area contributed by atoms with Crippen LogP contribution in [0.15, 0.2) is 18.2 Å². The second-order valence-electron chi connectivity index (χ2n) is 6.23. The van der Waals surface area contributed by atoms with Gasteiger partial charge in [-0.2, -0.15) is 0 Å². The van der Waals surface area contributed by atoms with E-state index in [0.29, 0.717) is 31.9 Å². The van der Waals surface area contributed by atoms with Crippen molar-refractivity contribution in [2.75, 3.05) is 44.2 Å². The number of carbonyl (C=O) groups is 2. The Balaban J connectivity index is 1.67. The van der Waals surface area contributed by atoms with Gasteiger partial charge < -0.3 is 14.7 Å². The van der Waals surface area contributed by atoms with E-state index >= 15 is 0 Å². The van der Waals surface area contributed by atoms with E-state index in [0.717, 1.165) is 18.9 Å². The summed E-state index contributed by atoms with van der Waals surface area (Å²) >= 11 is 0. The molecular formula is C17H24N4O2. The quantitative estimate of drug-likeness (QED) is 0.827. The molecule has 0 atom stereocenters. The molecular weight excluding hydrogens is 292 g/mol. The fourth-order valence-corrected chi connectivity index (χ4v) is 3.23. The molecule has 1 aromatic rings. The topological polar surface area (TPSA) is 56.8 Å². The first kappa shape index (κ1) is 15.8. The van der Waals surface area contributed by atoms with Gasteiger partial charge in [-0.3, -0.25) is 9.59 Å². The lowest BCUT2D eigenvalue weighted by Gasteiger charge is -2.34. The highest BCUT2D eigenvalue weighted by molar-refractivity contribution is 5.93. The molecule has 6 nitrogen and oxygen atoms in total. The first-order chi connectivity index (χ1) is 11.1. The molecule has 3 heterocycles. The van der Waals surface area contributed by atoms with Crippen LogP contribution in [0.2, 0.25) is 0 Å². The number of aromatic nitrogens is 1. The number of carbonyl (C=O) groups excluding carboxylic acids is 2. The van der Waals surface area contributed by atoms with E-state index in [1.54, 1.807) is 22.8 Å². The maximum Gasteiger partial charge on any atom is 0.272 e. The van der Waals surface area contributed by atoms with Crippen molar-refractivity contribution in [2.45, 2.75) is 26.2 Å². The number of hydrogen-bond donors (Lipinski definition) is 0. The molecule has 0 bridgehead atoms. The minimum Gasteiger partial charge on any atom is -0.357 e. The summed E-state index contributed by atoms with van der Waals surface area (Å²) in [4.78, 5) is 34.4. The summed E-state index contributed by atoms with van der Waals surface area (Å²) in [6, 6.07) is 5.68. The van der Waals surface area contributed by atoms with Gasteiger partial charge in [-0.15, -0.1) is 0 Å². The molecule has 0 aromatic carbocycles. The van der Waals surface area contributed by atoms with Crippen molar-refractivity contribution in [3.05, 3.63) is 23.9 Å². The Bertz CT molecular complexity index is 576. The van der Waals surface area contributed by atoms with Gasteiger partial charge in [0.2, 0.25) is 5.91 Å². The predicted octanol–water partition coefficient (Wildman–Crippen LogP) is 1.38. The van der Waals surface area contributed by atoms with Crippen LogP contribution in [0, 0.1) is 0 Å². The standard InChI is InChI=1S/C17H24N4O2/c1-14(22)19-10-12-21(13-11-19)17(23)15-6-5-7-16(18-15)20-8-3-2-4-9-20/h5-7H,2-4,8-13H2,1H3. The van der Waals surface area contributed by atoms with E-state index in [1.165, 1.54) is 19.3 Å². The largest absolute Gasteiger partial charge is 0.357 e. The highest BCUT2D eigenvalue weighted by Crippen LogP contribution is 2.18. The zero-order valence-electron chi connectivity index (χ0n) is 13.7. The van der Waals surface area contributed by atoms with Gasteiger partial charge in [0.25, 0.3) is 5.91 Å². The van der Waals surface area contributed by atoms with Crippen LogP contribution in [0.25, 0.3) is 0 Å². The van der Waals surface area contributed by atoms with Crippen LogP contribution < -0.4 is 4.90 Å². The van der Waals surface area contributed by atoms with Crippen LogP contribution in [-0.2, 0) is 4.79 Å². The Hall–Kier alpha value is -2.11. The number of rotatable bonds is 2. The van der Waals surface area contributed by atoms with Crippen molar-refractivity contribution in [1.82, 2.24) is 14.8 Å². The Kier molecular flexibility index (Phi) is 4.79. The van der Waals surface area contributed by atoms with Crippen LogP contribution in [-0.4, -0.2) is 65.9 Å². The fourth-order valence-electron chi connectivity index (χ4n) is 3.23. The van der Waals surface area contributed by atoms with E-state index < -0.39 is 0 Å². The van der Waals surface area contributed by atoms with E-state index in [2.05, 4.69) is 9.88 Å². The highest BCUT2D eigenvalue weighted by Gasteiger charge is 2.24. The minimum absolute atomic E-state index is 0.0351. The highest BCUT2D eigenvalue weighted by atomic mass is 16.2. The molecule has 0 aliphatic carbocycles. The van der Waals surface area contributed by atoms with E-state index in [9.17, 15) is 9.59 Å². The number of pyridine rings is 1. The summed E-state index contributed by atoms with van der Waals surface area (Å²) in [6.45, 7) is 5.97. The van der Waals surface area contributed by atoms with Gasteiger partial charge >= 0.3 is 0 Å². The van der Waals surface area contributed by atoms with Crippen molar-refractivity contribution < 1.29 is 9.59 Å². The van der Waals surface area contributed by atoms with Crippen molar-refractivity contribution in [3.63, 3.8) is 0 Å². The third kappa shape index (κ3) is 3.63. The van der Waals surface area contributed by atoms with Crippen LogP contribution in [0.1, 0.15) is 36.7 Å². The monoisotopic (exact) mass is 316 g/mol. The second-order valence-corrected chi connectivity index (χ2v) is 6.23. The lowest BCUT2D eigenvalue weighted by atomic mass is 10.1. The van der Waals surface area contributed by atoms with Crippen LogP contribution in [0.4, 0.5) is 5.82 Å². The van der Waals surface area contributed by atoms with Crippen molar-refractivity contribution >= 4 is 17.6 Å². The number of amides is 2. The van der Waals surface area contributed by atoms with Gasteiger partial charge in [-0.1, -0.05) is 6.07 Å². The number of anilines is 1. The van der Waals surface area contributed by atoms with Crippen LogP contribution in [0.5, 0.6) is 0 Å². The van der Waals surface area contributed by atoms with E-state index in [4.69, 9.17) is 0 Å². The molecule has 23 heavy (non-hydrogen) atoms. The molecule has 0 saturated carbocycles. The second kappa shape index (κ2) is 6.98. The molecule has 0 radical (unpaired) electrons. The zero-order valence-corrected chi connectivity index (χ0v) is 13.7. The molecule has 0 N–H and O–H groups in total. The Morgan fingerprint density at radius 2 is 1.57 bits per heavy atom. The maximum absolute atomic E-state index is 12.7. The lowest BCUT2D eigenvalue weighted by Crippen LogP contribution is -2.50. The summed E-state index contributed by atoms with van der Waals surface area (Å²) in [5.41, 5.74) is 0.504. The first-order valence-corrected chi connectivity index (χ1v) is 8.42. The molecule has 3 rings (SSSR count). The third-order valence-electron chi connectivity index (χ3n) is 4.65. The fraction of sp³-hybridized carbons (Fsp3) is 0.588. The molecule has 1 aromatic heterocycles. The number of hydrogen-bond acceptors (Lipinski definition) is 4. The third-order valence-corrected chi connectivity index (χ3v) is 4.65. The van der Waals surface area contributed by atoms with Gasteiger partial charge in [0.15, 0.2) is 0 Å². The molecule has 2 fully saturated rings. The number of piperidine rings is 1. The minimum atomic E-state index is -0.0351. The Morgan fingerprint density at radius 1 is 0.913 bits per heavy atom. The molecule has 0 spiro atoms. The summed E-state index contributed by atoms with van der Waals surface area (Å²) < 4.78 is 0. The van der Waals surface area contributed by atoms with Gasteiger partial charge in [0, 0.05) is 46.2 Å². The molecule has 0 unspecified atom stereocenters. The van der Waals surface area contributed by atoms with Gasteiger partial charge in [-0.25, -0.2) is 4.98 Å². The summed E-state index contributed by atoms with van der Waals surface area (Å²) in [6.07, 6.45) is 3.65. The zero-order chi connectivity index (χ0) is 16.2. The molecule has 2 amide bonds. The molecule has 2 aliphatic heterocycles. The summed E-state index contributed by atoms with van der Waals surface area (Å²) in [5, 5.41) is 0. The number of nitrogens with zero attached hydrogens (tertiary/aromatic N) is 4. The van der Waals surface area contributed by atoms with Crippen LogP contribution in [0.3, 0.4) is 0 Å². The molecule has 124 valence electrons. The summed E-state index contributed by atoms with van der Waals surface area (Å²) in [5.74, 6) is 0.937. The smallest absolute Gasteiger partial charge is 0.272 e. The molecule has 6 heteroatoms. The normalized spacial score (nSPS) is 18.9. The average Bonchev–Trinajstić information content (AvgIpc) is 2.62.